The fraction of sp³-hybridized carbons (Fsp3) is 0.250. The molecule has 0 N–H and O–H groups in total. The van der Waals surface area contributed by atoms with Gasteiger partial charge in [-0.1, -0.05) is 63.0 Å². The van der Waals surface area contributed by atoms with E-state index in [0.717, 1.165) is 15.6 Å². The predicted molar refractivity (Wildman–Crippen MR) is 101 cm³/mol. The summed E-state index contributed by atoms with van der Waals surface area (Å²) in [5, 5.41) is 4.08. The highest BCUT2D eigenvalue weighted by Gasteiger charge is 2.34. The molecule has 2 aromatic carbocycles. The molecule has 1 amide bonds. The average Bonchev–Trinajstić information content (AvgIpc) is 3.24. The first-order chi connectivity index (χ1) is 12.6. The van der Waals surface area contributed by atoms with Crippen LogP contribution >= 0.6 is 15.9 Å². The van der Waals surface area contributed by atoms with Crippen molar-refractivity contribution < 1.29 is 9.32 Å². The number of rotatable bonds is 4. The van der Waals surface area contributed by atoms with E-state index in [2.05, 4.69) is 57.3 Å². The van der Waals surface area contributed by atoms with Crippen LogP contribution in [0.15, 0.2) is 57.5 Å². The molecule has 1 aliphatic heterocycles. The summed E-state index contributed by atoms with van der Waals surface area (Å²) in [4.78, 5) is 18.8. The van der Waals surface area contributed by atoms with E-state index in [0.29, 0.717) is 31.2 Å². The number of hydrogen-bond acceptors (Lipinski definition) is 4. The molecule has 26 heavy (non-hydrogen) atoms. The van der Waals surface area contributed by atoms with Gasteiger partial charge in [-0.3, -0.25) is 4.79 Å². The van der Waals surface area contributed by atoms with E-state index < -0.39 is 0 Å². The Morgan fingerprint density at radius 1 is 1.23 bits per heavy atom. The molecule has 1 aliphatic rings. The van der Waals surface area contributed by atoms with Crippen LogP contribution in [0.3, 0.4) is 0 Å². The first-order valence-corrected chi connectivity index (χ1v) is 9.30. The lowest BCUT2D eigenvalue weighted by Gasteiger charge is -2.16. The zero-order valence-electron chi connectivity index (χ0n) is 14.4. The quantitative estimate of drug-likeness (QED) is 0.640. The molecule has 4 rings (SSSR count). The number of nitrogens with zero attached hydrogens (tertiary/aromatic N) is 3. The largest absolute Gasteiger partial charge is 0.339 e. The molecule has 1 atom stereocenters. The van der Waals surface area contributed by atoms with Crippen molar-refractivity contribution in [2.24, 2.45) is 0 Å². The molecular formula is C20H18BrN3O2. The van der Waals surface area contributed by atoms with Gasteiger partial charge >= 0.3 is 0 Å². The standard InChI is InChI=1S/C20H18BrN3O2/c1-13-5-7-14(8-6-13)11-24-12-16(10-18(24)25)20-22-19(23-26-20)15-3-2-4-17(21)9-15/h2-9,16H,10-12H2,1H3. The first-order valence-electron chi connectivity index (χ1n) is 8.51. The molecule has 3 aromatic rings. The third kappa shape index (κ3) is 3.55. The Morgan fingerprint density at radius 2 is 2.04 bits per heavy atom. The fourth-order valence-corrected chi connectivity index (χ4v) is 3.55. The second-order valence-corrected chi connectivity index (χ2v) is 7.54. The van der Waals surface area contributed by atoms with Gasteiger partial charge in [0.25, 0.3) is 0 Å². The average molecular weight is 412 g/mol. The van der Waals surface area contributed by atoms with Crippen LogP contribution in [0.1, 0.15) is 29.4 Å². The van der Waals surface area contributed by atoms with Gasteiger partial charge in [-0.2, -0.15) is 4.98 Å². The van der Waals surface area contributed by atoms with E-state index in [4.69, 9.17) is 4.52 Å². The molecule has 0 aliphatic carbocycles. The highest BCUT2D eigenvalue weighted by atomic mass is 79.9. The Labute approximate surface area is 160 Å². The molecule has 1 saturated heterocycles. The maximum absolute atomic E-state index is 12.4. The zero-order valence-corrected chi connectivity index (χ0v) is 15.9. The highest BCUT2D eigenvalue weighted by Crippen LogP contribution is 2.30. The van der Waals surface area contributed by atoms with Crippen LogP contribution < -0.4 is 0 Å². The van der Waals surface area contributed by atoms with Crippen molar-refractivity contribution in [3.8, 4) is 11.4 Å². The molecule has 0 bridgehead atoms. The van der Waals surface area contributed by atoms with Crippen molar-refractivity contribution in [3.63, 3.8) is 0 Å². The van der Waals surface area contributed by atoms with E-state index in [1.807, 2.05) is 29.2 Å². The molecule has 6 heteroatoms. The smallest absolute Gasteiger partial charge is 0.232 e. The van der Waals surface area contributed by atoms with Gasteiger partial charge in [0.2, 0.25) is 17.6 Å². The number of amides is 1. The van der Waals surface area contributed by atoms with Gasteiger partial charge in [-0.25, -0.2) is 0 Å². The maximum atomic E-state index is 12.4. The molecular weight excluding hydrogens is 394 g/mol. The third-order valence-electron chi connectivity index (χ3n) is 4.58. The van der Waals surface area contributed by atoms with E-state index in [-0.39, 0.29) is 11.8 Å². The summed E-state index contributed by atoms with van der Waals surface area (Å²) < 4.78 is 6.41. The lowest BCUT2D eigenvalue weighted by Crippen LogP contribution is -2.24. The van der Waals surface area contributed by atoms with Crippen molar-refractivity contribution >= 4 is 21.8 Å². The summed E-state index contributed by atoms with van der Waals surface area (Å²) in [7, 11) is 0. The van der Waals surface area contributed by atoms with Crippen molar-refractivity contribution in [3.05, 3.63) is 70.0 Å². The Hall–Kier alpha value is -2.47. The van der Waals surface area contributed by atoms with Crippen LogP contribution in [-0.4, -0.2) is 27.5 Å². The molecule has 0 spiro atoms. The molecule has 0 radical (unpaired) electrons. The SMILES string of the molecule is Cc1ccc(CN2CC(c3nc(-c4cccc(Br)c4)no3)CC2=O)cc1. The van der Waals surface area contributed by atoms with Crippen molar-refractivity contribution in [2.45, 2.75) is 25.8 Å². The minimum Gasteiger partial charge on any atom is -0.339 e. The molecule has 0 saturated carbocycles. The third-order valence-corrected chi connectivity index (χ3v) is 5.08. The minimum absolute atomic E-state index is 0.0543. The second kappa shape index (κ2) is 7.03. The summed E-state index contributed by atoms with van der Waals surface area (Å²) in [6, 6.07) is 16.0. The van der Waals surface area contributed by atoms with Gasteiger partial charge < -0.3 is 9.42 Å². The summed E-state index contributed by atoms with van der Waals surface area (Å²) >= 11 is 3.45. The van der Waals surface area contributed by atoms with Crippen LogP contribution in [0.25, 0.3) is 11.4 Å². The summed E-state index contributed by atoms with van der Waals surface area (Å²) in [6.45, 7) is 3.27. The number of aryl methyl sites for hydroxylation is 1. The van der Waals surface area contributed by atoms with Gasteiger partial charge in [0, 0.05) is 29.5 Å². The lowest BCUT2D eigenvalue weighted by atomic mass is 10.1. The van der Waals surface area contributed by atoms with Gasteiger partial charge in [0.1, 0.15) is 0 Å². The van der Waals surface area contributed by atoms with Crippen LogP contribution in [0, 0.1) is 6.92 Å². The van der Waals surface area contributed by atoms with Crippen molar-refractivity contribution in [1.82, 2.24) is 15.0 Å². The van der Waals surface area contributed by atoms with E-state index in [1.165, 1.54) is 5.56 Å². The van der Waals surface area contributed by atoms with Crippen molar-refractivity contribution in [1.29, 1.82) is 0 Å². The number of carbonyl (C=O) groups is 1. The first kappa shape index (κ1) is 17.0. The second-order valence-electron chi connectivity index (χ2n) is 6.63. The number of aromatic nitrogens is 2. The number of benzene rings is 2. The van der Waals surface area contributed by atoms with Gasteiger partial charge in [-0.15, -0.1) is 0 Å². The highest BCUT2D eigenvalue weighted by molar-refractivity contribution is 9.10. The molecule has 1 aromatic heterocycles. The Balaban J connectivity index is 1.48. The molecule has 5 nitrogen and oxygen atoms in total. The normalized spacial score (nSPS) is 17.1. The van der Waals surface area contributed by atoms with E-state index >= 15 is 0 Å². The van der Waals surface area contributed by atoms with Crippen LogP contribution in [-0.2, 0) is 11.3 Å². The number of hydrogen-bond donors (Lipinski definition) is 0. The fourth-order valence-electron chi connectivity index (χ4n) is 3.15. The summed E-state index contributed by atoms with van der Waals surface area (Å²) in [6.07, 6.45) is 0.409. The number of halogens is 1. The van der Waals surface area contributed by atoms with Gasteiger partial charge in [0.05, 0.1) is 5.92 Å². The zero-order chi connectivity index (χ0) is 18.1. The summed E-state index contributed by atoms with van der Waals surface area (Å²) in [5.41, 5.74) is 3.23. The van der Waals surface area contributed by atoms with Gasteiger partial charge in [0.15, 0.2) is 0 Å². The number of likely N-dealkylation sites (tertiary alicyclic amines) is 1. The Kier molecular flexibility index (Phi) is 4.59. The van der Waals surface area contributed by atoms with Crippen LogP contribution in [0.5, 0.6) is 0 Å². The van der Waals surface area contributed by atoms with Crippen LogP contribution in [0.2, 0.25) is 0 Å². The van der Waals surface area contributed by atoms with Crippen LogP contribution in [0.4, 0.5) is 0 Å². The minimum atomic E-state index is -0.0543. The Morgan fingerprint density at radius 3 is 2.81 bits per heavy atom. The predicted octanol–water partition coefficient (Wildman–Crippen LogP) is 4.32. The molecule has 2 heterocycles. The van der Waals surface area contributed by atoms with E-state index in [1.54, 1.807) is 0 Å². The van der Waals surface area contributed by atoms with Crippen molar-refractivity contribution in [2.75, 3.05) is 6.54 Å². The monoisotopic (exact) mass is 411 g/mol. The molecule has 1 fully saturated rings. The maximum Gasteiger partial charge on any atom is 0.232 e. The van der Waals surface area contributed by atoms with Gasteiger partial charge in [-0.05, 0) is 24.6 Å². The lowest BCUT2D eigenvalue weighted by molar-refractivity contribution is -0.128. The topological polar surface area (TPSA) is 59.2 Å². The Bertz CT molecular complexity index is 936. The number of carbonyl (C=O) groups excluding carboxylic acids is 1. The molecule has 1 unspecified atom stereocenters. The van der Waals surface area contributed by atoms with E-state index in [9.17, 15) is 4.79 Å². The summed E-state index contributed by atoms with van der Waals surface area (Å²) in [5.74, 6) is 1.14. The molecule has 132 valence electrons.